The van der Waals surface area contributed by atoms with Crippen LogP contribution in [0.25, 0.3) is 0 Å². The molecule has 1 aromatic carbocycles. The zero-order valence-electron chi connectivity index (χ0n) is 12.8. The molecule has 1 aliphatic heterocycles. The Morgan fingerprint density at radius 2 is 2.18 bits per heavy atom. The third kappa shape index (κ3) is 4.08. The van der Waals surface area contributed by atoms with Crippen molar-refractivity contribution < 1.29 is 13.2 Å². The van der Waals surface area contributed by atoms with Crippen molar-refractivity contribution >= 4 is 37.5 Å². The van der Waals surface area contributed by atoms with Crippen molar-refractivity contribution in [3.05, 3.63) is 28.2 Å². The van der Waals surface area contributed by atoms with Crippen LogP contribution in [-0.4, -0.2) is 37.5 Å². The molecule has 1 saturated heterocycles. The SMILES string of the molecule is CCS(=O)(=O)N1CCC[C@H](C(=O)Nc2ccc(C)cc2Br)C1. The summed E-state index contributed by atoms with van der Waals surface area (Å²) in [7, 11) is -3.23. The number of benzene rings is 1. The molecule has 2 rings (SSSR count). The second-order valence-corrected chi connectivity index (χ2v) is 8.68. The summed E-state index contributed by atoms with van der Waals surface area (Å²) in [5, 5.41) is 2.89. The third-order valence-electron chi connectivity index (χ3n) is 3.90. The lowest BCUT2D eigenvalue weighted by atomic mass is 9.98. The van der Waals surface area contributed by atoms with Crippen LogP contribution in [0, 0.1) is 12.8 Å². The number of piperidine rings is 1. The zero-order chi connectivity index (χ0) is 16.3. The topological polar surface area (TPSA) is 66.5 Å². The number of nitrogens with one attached hydrogen (secondary N) is 1. The van der Waals surface area contributed by atoms with Crippen molar-refractivity contribution in [2.75, 3.05) is 24.2 Å². The van der Waals surface area contributed by atoms with Gasteiger partial charge in [-0.05, 0) is 60.3 Å². The monoisotopic (exact) mass is 388 g/mol. The van der Waals surface area contributed by atoms with E-state index in [4.69, 9.17) is 0 Å². The summed E-state index contributed by atoms with van der Waals surface area (Å²) in [6.07, 6.45) is 1.43. The van der Waals surface area contributed by atoms with E-state index in [0.29, 0.717) is 25.1 Å². The molecule has 0 saturated carbocycles. The van der Waals surface area contributed by atoms with Gasteiger partial charge in [-0.2, -0.15) is 0 Å². The molecule has 0 unspecified atom stereocenters. The minimum absolute atomic E-state index is 0.0743. The molecule has 1 heterocycles. The number of amides is 1. The van der Waals surface area contributed by atoms with Crippen LogP contribution in [0.2, 0.25) is 0 Å². The van der Waals surface area contributed by atoms with Gasteiger partial charge >= 0.3 is 0 Å². The van der Waals surface area contributed by atoms with Crippen molar-refractivity contribution in [3.8, 4) is 0 Å². The molecule has 122 valence electrons. The van der Waals surface area contributed by atoms with Gasteiger partial charge in [0.25, 0.3) is 0 Å². The Bertz CT molecular complexity index is 661. The van der Waals surface area contributed by atoms with Crippen LogP contribution in [0.1, 0.15) is 25.3 Å². The number of nitrogens with zero attached hydrogens (tertiary/aromatic N) is 1. The van der Waals surface area contributed by atoms with E-state index in [0.717, 1.165) is 10.0 Å². The number of carbonyl (C=O) groups is 1. The first-order valence-corrected chi connectivity index (χ1v) is 9.78. The van der Waals surface area contributed by atoms with Crippen molar-refractivity contribution in [1.82, 2.24) is 4.31 Å². The average molecular weight is 389 g/mol. The first-order chi connectivity index (χ1) is 10.3. The van der Waals surface area contributed by atoms with E-state index in [1.54, 1.807) is 6.92 Å². The van der Waals surface area contributed by atoms with Gasteiger partial charge in [-0.1, -0.05) is 6.07 Å². The highest BCUT2D eigenvalue weighted by Crippen LogP contribution is 2.26. The van der Waals surface area contributed by atoms with Gasteiger partial charge in [-0.15, -0.1) is 0 Å². The molecule has 0 radical (unpaired) electrons. The molecule has 1 fully saturated rings. The fourth-order valence-electron chi connectivity index (χ4n) is 2.55. The lowest BCUT2D eigenvalue weighted by Crippen LogP contribution is -2.44. The summed E-state index contributed by atoms with van der Waals surface area (Å²) in [6, 6.07) is 5.71. The summed E-state index contributed by atoms with van der Waals surface area (Å²) < 4.78 is 26.2. The van der Waals surface area contributed by atoms with E-state index >= 15 is 0 Å². The molecule has 0 bridgehead atoms. The van der Waals surface area contributed by atoms with Gasteiger partial charge < -0.3 is 5.32 Å². The van der Waals surface area contributed by atoms with Crippen LogP contribution in [0.15, 0.2) is 22.7 Å². The van der Waals surface area contributed by atoms with Crippen LogP contribution < -0.4 is 5.32 Å². The highest BCUT2D eigenvalue weighted by atomic mass is 79.9. The molecule has 1 aliphatic rings. The Morgan fingerprint density at radius 3 is 2.82 bits per heavy atom. The smallest absolute Gasteiger partial charge is 0.228 e. The summed E-state index contributed by atoms with van der Waals surface area (Å²) in [5.74, 6) is -0.353. The van der Waals surface area contributed by atoms with Crippen LogP contribution >= 0.6 is 15.9 Å². The van der Waals surface area contributed by atoms with Gasteiger partial charge in [0.05, 0.1) is 17.4 Å². The molecule has 1 amide bonds. The number of aryl methyl sites for hydroxylation is 1. The van der Waals surface area contributed by atoms with Crippen molar-refractivity contribution in [2.45, 2.75) is 26.7 Å². The predicted octanol–water partition coefficient (Wildman–Crippen LogP) is 2.76. The van der Waals surface area contributed by atoms with Gasteiger partial charge in [-0.3, -0.25) is 4.79 Å². The second-order valence-electron chi connectivity index (χ2n) is 5.57. The Balaban J connectivity index is 2.06. The minimum atomic E-state index is -3.23. The first-order valence-electron chi connectivity index (χ1n) is 7.38. The van der Waals surface area contributed by atoms with E-state index < -0.39 is 10.0 Å². The van der Waals surface area contributed by atoms with Crippen molar-refractivity contribution in [1.29, 1.82) is 0 Å². The quantitative estimate of drug-likeness (QED) is 0.861. The molecule has 22 heavy (non-hydrogen) atoms. The minimum Gasteiger partial charge on any atom is -0.325 e. The summed E-state index contributed by atoms with van der Waals surface area (Å²) >= 11 is 3.43. The largest absolute Gasteiger partial charge is 0.325 e. The number of carbonyl (C=O) groups excluding carboxylic acids is 1. The van der Waals surface area contributed by atoms with Crippen LogP contribution in [0.4, 0.5) is 5.69 Å². The van der Waals surface area contributed by atoms with Gasteiger partial charge in [0.2, 0.25) is 15.9 Å². The fourth-order valence-corrected chi connectivity index (χ4v) is 4.32. The Kier molecular flexibility index (Phi) is 5.63. The zero-order valence-corrected chi connectivity index (χ0v) is 15.2. The number of anilines is 1. The maximum atomic E-state index is 12.4. The van der Waals surface area contributed by atoms with E-state index in [-0.39, 0.29) is 24.1 Å². The highest BCUT2D eigenvalue weighted by molar-refractivity contribution is 9.10. The third-order valence-corrected chi connectivity index (χ3v) is 6.40. The van der Waals surface area contributed by atoms with Crippen molar-refractivity contribution in [2.24, 2.45) is 5.92 Å². The predicted molar refractivity (Wildman–Crippen MR) is 91.3 cm³/mol. The Morgan fingerprint density at radius 1 is 1.45 bits per heavy atom. The summed E-state index contributed by atoms with van der Waals surface area (Å²) in [6.45, 7) is 4.38. The molecule has 1 atom stereocenters. The van der Waals surface area contributed by atoms with Gasteiger partial charge in [-0.25, -0.2) is 12.7 Å². The van der Waals surface area contributed by atoms with Crippen LogP contribution in [0.3, 0.4) is 0 Å². The Labute approximate surface area is 140 Å². The maximum absolute atomic E-state index is 12.4. The van der Waals surface area contributed by atoms with Crippen LogP contribution in [-0.2, 0) is 14.8 Å². The number of sulfonamides is 1. The molecule has 0 spiro atoms. The lowest BCUT2D eigenvalue weighted by molar-refractivity contribution is -0.120. The molecular formula is C15H21BrN2O3S. The summed E-state index contributed by atoms with van der Waals surface area (Å²) in [5.41, 5.74) is 1.81. The van der Waals surface area contributed by atoms with E-state index in [1.165, 1.54) is 4.31 Å². The molecular weight excluding hydrogens is 368 g/mol. The molecule has 7 heteroatoms. The van der Waals surface area contributed by atoms with Gasteiger partial charge in [0.15, 0.2) is 0 Å². The lowest BCUT2D eigenvalue weighted by Gasteiger charge is -2.31. The maximum Gasteiger partial charge on any atom is 0.228 e. The Hall–Kier alpha value is -0.920. The second kappa shape index (κ2) is 7.10. The number of hydrogen-bond donors (Lipinski definition) is 1. The van der Waals surface area contributed by atoms with E-state index in [2.05, 4.69) is 21.2 Å². The molecule has 0 aromatic heterocycles. The fraction of sp³-hybridized carbons (Fsp3) is 0.533. The standard InChI is InChI=1S/C15H21BrN2O3S/c1-3-22(20,21)18-8-4-5-12(10-18)15(19)17-14-7-6-11(2)9-13(14)16/h6-7,9,12H,3-5,8,10H2,1-2H3,(H,17,19)/t12-/m0/s1. The normalized spacial score (nSPS) is 19.9. The number of hydrogen-bond acceptors (Lipinski definition) is 3. The van der Waals surface area contributed by atoms with Gasteiger partial charge in [0, 0.05) is 17.6 Å². The van der Waals surface area contributed by atoms with Crippen LogP contribution in [0.5, 0.6) is 0 Å². The number of halogens is 1. The molecule has 5 nitrogen and oxygen atoms in total. The highest BCUT2D eigenvalue weighted by Gasteiger charge is 2.31. The number of rotatable bonds is 4. The summed E-state index contributed by atoms with van der Waals surface area (Å²) in [4.78, 5) is 12.4. The van der Waals surface area contributed by atoms with E-state index in [1.807, 2.05) is 25.1 Å². The molecule has 0 aliphatic carbocycles. The molecule has 1 N–H and O–H groups in total. The van der Waals surface area contributed by atoms with Crippen molar-refractivity contribution in [3.63, 3.8) is 0 Å². The van der Waals surface area contributed by atoms with E-state index in [9.17, 15) is 13.2 Å². The average Bonchev–Trinajstić information content (AvgIpc) is 2.50. The van der Waals surface area contributed by atoms with Gasteiger partial charge in [0.1, 0.15) is 0 Å². The first kappa shape index (κ1) is 17.4. The molecule has 1 aromatic rings.